The number of esters is 1. The highest BCUT2D eigenvalue weighted by molar-refractivity contribution is 7.95. The third-order valence-corrected chi connectivity index (χ3v) is 1.40. The SMILES string of the molecule is CCOC(=O)CC(=O)OSCC. The van der Waals surface area contributed by atoms with Crippen LogP contribution in [-0.2, 0) is 18.5 Å². The molecule has 0 aliphatic rings. The monoisotopic (exact) mass is 192 g/mol. The maximum absolute atomic E-state index is 10.7. The van der Waals surface area contributed by atoms with E-state index in [4.69, 9.17) is 0 Å². The number of carbonyl (C=O) groups is 2. The number of hydrogen-bond donors (Lipinski definition) is 0. The maximum atomic E-state index is 10.7. The van der Waals surface area contributed by atoms with Crippen LogP contribution in [0.5, 0.6) is 0 Å². The van der Waals surface area contributed by atoms with E-state index < -0.39 is 11.9 Å². The smallest absolute Gasteiger partial charge is 0.329 e. The molecule has 0 radical (unpaired) electrons. The molecular formula is C7H12O4S. The molecule has 4 nitrogen and oxygen atoms in total. The molecule has 0 spiro atoms. The van der Waals surface area contributed by atoms with Crippen molar-refractivity contribution in [3.63, 3.8) is 0 Å². The lowest BCUT2D eigenvalue weighted by Gasteiger charge is -2.00. The van der Waals surface area contributed by atoms with Gasteiger partial charge in [-0.3, -0.25) is 9.59 Å². The summed E-state index contributed by atoms with van der Waals surface area (Å²) in [5.41, 5.74) is 0. The highest BCUT2D eigenvalue weighted by Gasteiger charge is 2.11. The molecule has 0 aromatic carbocycles. The minimum absolute atomic E-state index is 0.285. The molecule has 0 aliphatic heterocycles. The highest BCUT2D eigenvalue weighted by atomic mass is 32.2. The first kappa shape index (κ1) is 11.3. The summed E-state index contributed by atoms with van der Waals surface area (Å²) in [4.78, 5) is 21.4. The van der Waals surface area contributed by atoms with Gasteiger partial charge in [-0.25, -0.2) is 0 Å². The molecule has 0 rings (SSSR count). The van der Waals surface area contributed by atoms with Gasteiger partial charge in [-0.05, 0) is 6.92 Å². The van der Waals surface area contributed by atoms with Gasteiger partial charge in [0.05, 0.1) is 18.6 Å². The van der Waals surface area contributed by atoms with Gasteiger partial charge in [-0.15, -0.1) is 0 Å². The summed E-state index contributed by atoms with van der Waals surface area (Å²) < 4.78 is 9.13. The number of ether oxygens (including phenoxy) is 1. The average molecular weight is 192 g/mol. The van der Waals surface area contributed by atoms with E-state index in [0.717, 1.165) is 12.0 Å². The van der Waals surface area contributed by atoms with Gasteiger partial charge >= 0.3 is 11.9 Å². The first-order chi connectivity index (χ1) is 5.70. The van der Waals surface area contributed by atoms with Crippen LogP contribution in [0.4, 0.5) is 0 Å². The summed E-state index contributed by atoms with van der Waals surface area (Å²) in [5, 5.41) is 0. The predicted octanol–water partition coefficient (Wildman–Crippen LogP) is 1.15. The zero-order valence-corrected chi connectivity index (χ0v) is 7.98. The summed E-state index contributed by atoms with van der Waals surface area (Å²) >= 11 is 1.02. The van der Waals surface area contributed by atoms with E-state index in [1.54, 1.807) is 6.92 Å². The highest BCUT2D eigenvalue weighted by Crippen LogP contribution is 2.03. The molecule has 70 valence electrons. The van der Waals surface area contributed by atoms with Crippen LogP contribution < -0.4 is 0 Å². The second-order valence-corrected chi connectivity index (χ2v) is 2.82. The fourth-order valence-electron chi connectivity index (χ4n) is 0.484. The van der Waals surface area contributed by atoms with Crippen LogP contribution in [0, 0.1) is 0 Å². The molecule has 0 amide bonds. The summed E-state index contributed by atoms with van der Waals surface area (Å²) in [6.07, 6.45) is -0.305. The molecule has 0 aliphatic carbocycles. The van der Waals surface area contributed by atoms with Crippen molar-refractivity contribution in [3.8, 4) is 0 Å². The summed E-state index contributed by atoms with van der Waals surface area (Å²) in [6.45, 7) is 3.82. The van der Waals surface area contributed by atoms with E-state index in [-0.39, 0.29) is 13.0 Å². The van der Waals surface area contributed by atoms with Gasteiger partial charge in [0.2, 0.25) is 0 Å². The third kappa shape index (κ3) is 6.03. The molecule has 12 heavy (non-hydrogen) atoms. The molecule has 0 fully saturated rings. The summed E-state index contributed by atoms with van der Waals surface area (Å²) in [5.74, 6) is -0.423. The third-order valence-electron chi connectivity index (χ3n) is 0.864. The Hall–Kier alpha value is -0.710. The summed E-state index contributed by atoms with van der Waals surface area (Å²) in [6, 6.07) is 0. The first-order valence-corrected chi connectivity index (χ1v) is 4.59. The van der Waals surface area contributed by atoms with Crippen LogP contribution in [0.2, 0.25) is 0 Å². The van der Waals surface area contributed by atoms with Gasteiger partial charge in [0.25, 0.3) is 0 Å². The Morgan fingerprint density at radius 2 is 1.92 bits per heavy atom. The zero-order valence-electron chi connectivity index (χ0n) is 7.16. The molecule has 0 aromatic rings. The molecule has 0 unspecified atom stereocenters. The molecule has 0 heterocycles. The van der Waals surface area contributed by atoms with Gasteiger partial charge in [0, 0.05) is 5.75 Å². The maximum Gasteiger partial charge on any atom is 0.329 e. The van der Waals surface area contributed by atoms with Gasteiger partial charge in [-0.1, -0.05) is 6.92 Å². The van der Waals surface area contributed by atoms with Crippen LogP contribution >= 0.6 is 12.0 Å². The fraction of sp³-hybridized carbons (Fsp3) is 0.714. The molecule has 5 heteroatoms. The van der Waals surface area contributed by atoms with E-state index in [1.165, 1.54) is 0 Å². The summed E-state index contributed by atoms with van der Waals surface area (Å²) in [7, 11) is 0. The zero-order chi connectivity index (χ0) is 9.40. The van der Waals surface area contributed by atoms with E-state index in [9.17, 15) is 9.59 Å². The van der Waals surface area contributed by atoms with Crippen molar-refractivity contribution in [2.75, 3.05) is 12.4 Å². The van der Waals surface area contributed by atoms with E-state index >= 15 is 0 Å². The first-order valence-electron chi connectivity index (χ1n) is 3.68. The Balaban J connectivity index is 3.47. The van der Waals surface area contributed by atoms with Crippen molar-refractivity contribution >= 4 is 24.0 Å². The Kier molecular flexibility index (Phi) is 6.55. The topological polar surface area (TPSA) is 52.6 Å². The second-order valence-electron chi connectivity index (χ2n) is 1.84. The Bertz CT molecular complexity index is 157. The Labute approximate surface area is 75.8 Å². The van der Waals surface area contributed by atoms with Gasteiger partial charge < -0.3 is 8.92 Å². The minimum atomic E-state index is -0.555. The van der Waals surface area contributed by atoms with Crippen LogP contribution in [0.25, 0.3) is 0 Å². The standard InChI is InChI=1S/C7H12O4S/c1-3-10-6(8)5-7(9)11-12-4-2/h3-5H2,1-2H3. The molecule has 0 saturated heterocycles. The van der Waals surface area contributed by atoms with Crippen LogP contribution in [0.15, 0.2) is 0 Å². The van der Waals surface area contributed by atoms with Crippen LogP contribution in [0.3, 0.4) is 0 Å². The van der Waals surface area contributed by atoms with E-state index in [1.807, 2.05) is 6.92 Å². The van der Waals surface area contributed by atoms with Gasteiger partial charge in [-0.2, -0.15) is 0 Å². The van der Waals surface area contributed by atoms with E-state index in [0.29, 0.717) is 5.75 Å². The molecule has 0 atom stereocenters. The Morgan fingerprint density at radius 3 is 2.42 bits per heavy atom. The normalized spacial score (nSPS) is 9.17. The van der Waals surface area contributed by atoms with Crippen molar-refractivity contribution in [1.82, 2.24) is 0 Å². The predicted molar refractivity (Wildman–Crippen MR) is 45.5 cm³/mol. The number of carbonyl (C=O) groups excluding carboxylic acids is 2. The molecular weight excluding hydrogens is 180 g/mol. The number of rotatable bonds is 5. The molecule has 0 bridgehead atoms. The molecule has 0 aromatic heterocycles. The lowest BCUT2D eigenvalue weighted by molar-refractivity contribution is -0.149. The Morgan fingerprint density at radius 1 is 1.25 bits per heavy atom. The van der Waals surface area contributed by atoms with Crippen molar-refractivity contribution in [1.29, 1.82) is 0 Å². The van der Waals surface area contributed by atoms with Gasteiger partial charge in [0.15, 0.2) is 0 Å². The van der Waals surface area contributed by atoms with Crippen molar-refractivity contribution in [2.45, 2.75) is 20.3 Å². The average Bonchev–Trinajstić information content (AvgIpc) is 2.01. The van der Waals surface area contributed by atoms with Gasteiger partial charge in [0.1, 0.15) is 6.42 Å². The lowest BCUT2D eigenvalue weighted by Crippen LogP contribution is -2.11. The largest absolute Gasteiger partial charge is 0.466 e. The van der Waals surface area contributed by atoms with E-state index in [2.05, 4.69) is 8.92 Å². The minimum Gasteiger partial charge on any atom is -0.466 e. The van der Waals surface area contributed by atoms with Crippen molar-refractivity contribution < 1.29 is 18.5 Å². The van der Waals surface area contributed by atoms with Crippen molar-refractivity contribution in [3.05, 3.63) is 0 Å². The van der Waals surface area contributed by atoms with Crippen LogP contribution in [-0.4, -0.2) is 24.3 Å². The second kappa shape index (κ2) is 6.97. The van der Waals surface area contributed by atoms with Crippen LogP contribution in [0.1, 0.15) is 20.3 Å². The quantitative estimate of drug-likeness (QED) is 0.371. The molecule has 0 N–H and O–H groups in total. The van der Waals surface area contributed by atoms with Crippen molar-refractivity contribution in [2.24, 2.45) is 0 Å². The molecule has 0 saturated carbocycles. The fourth-order valence-corrected chi connectivity index (χ4v) is 0.792. The number of hydrogen-bond acceptors (Lipinski definition) is 5. The lowest BCUT2D eigenvalue weighted by atomic mass is 10.4.